The Kier molecular flexibility index (Phi) is 5.25. The zero-order chi connectivity index (χ0) is 24.0. The number of benzene rings is 2. The van der Waals surface area contributed by atoms with Crippen molar-refractivity contribution < 1.29 is 14.6 Å². The van der Waals surface area contributed by atoms with Crippen molar-refractivity contribution >= 4 is 23.1 Å². The van der Waals surface area contributed by atoms with Gasteiger partial charge in [-0.15, -0.1) is 0 Å². The lowest BCUT2D eigenvalue weighted by atomic mass is 9.97. The van der Waals surface area contributed by atoms with E-state index in [9.17, 15) is 9.90 Å². The molecule has 2 N–H and O–H groups in total. The second-order valence-electron chi connectivity index (χ2n) is 9.13. The lowest BCUT2D eigenvalue weighted by Gasteiger charge is -2.28. The van der Waals surface area contributed by atoms with E-state index >= 15 is 0 Å². The van der Waals surface area contributed by atoms with Crippen molar-refractivity contribution in [2.75, 3.05) is 30.4 Å². The lowest BCUT2D eigenvalue weighted by Crippen LogP contribution is -2.28. The molecule has 0 unspecified atom stereocenters. The van der Waals surface area contributed by atoms with Crippen LogP contribution in [0.25, 0.3) is 16.9 Å². The van der Waals surface area contributed by atoms with Crippen LogP contribution in [0.4, 0.5) is 11.5 Å². The van der Waals surface area contributed by atoms with Gasteiger partial charge in [0.1, 0.15) is 18.2 Å². The molecule has 0 radical (unpaired) electrons. The molecule has 0 fully saturated rings. The largest absolute Gasteiger partial charge is 0.490 e. The van der Waals surface area contributed by atoms with E-state index in [4.69, 9.17) is 4.74 Å². The molecule has 1 aliphatic heterocycles. The molecule has 0 spiro atoms. The van der Waals surface area contributed by atoms with E-state index < -0.39 is 5.60 Å². The molecule has 8 nitrogen and oxygen atoms in total. The number of hydrogen-bond donors (Lipinski definition) is 2. The van der Waals surface area contributed by atoms with Gasteiger partial charge in [-0.25, -0.2) is 9.50 Å². The quantitative estimate of drug-likeness (QED) is 0.481. The standard InChI is InChI=1S/C26H27N5O3/c1-16-13-24-27-23(28-25(32)17-5-8-19(9-6-17)26(2,3)33)15-21(31(24)29-16)18-7-10-20-22(14-18)34-12-11-30(20)4/h5-10,13-15,33H,11-12H2,1-4H3,(H,27,28,32). The molecule has 174 valence electrons. The molecule has 0 aliphatic carbocycles. The van der Waals surface area contributed by atoms with Gasteiger partial charge in [0.2, 0.25) is 0 Å². The first-order valence-electron chi connectivity index (χ1n) is 11.2. The zero-order valence-electron chi connectivity index (χ0n) is 19.7. The summed E-state index contributed by atoms with van der Waals surface area (Å²) in [6.07, 6.45) is 0. The highest BCUT2D eigenvalue weighted by Crippen LogP contribution is 2.35. The number of anilines is 2. The summed E-state index contributed by atoms with van der Waals surface area (Å²) in [5.41, 5.74) is 4.46. The molecule has 0 bridgehead atoms. The number of nitrogens with zero attached hydrogens (tertiary/aromatic N) is 4. The number of ether oxygens (including phenoxy) is 1. The Morgan fingerprint density at radius 3 is 2.62 bits per heavy atom. The smallest absolute Gasteiger partial charge is 0.256 e. The molecule has 0 saturated heterocycles. The summed E-state index contributed by atoms with van der Waals surface area (Å²) >= 11 is 0. The Balaban J connectivity index is 1.51. The van der Waals surface area contributed by atoms with Crippen molar-refractivity contribution in [1.29, 1.82) is 0 Å². The molecule has 0 atom stereocenters. The molecule has 5 rings (SSSR count). The Morgan fingerprint density at radius 2 is 1.88 bits per heavy atom. The van der Waals surface area contributed by atoms with Gasteiger partial charge in [-0.2, -0.15) is 5.10 Å². The molecule has 0 saturated carbocycles. The third kappa shape index (κ3) is 4.08. The first-order chi connectivity index (χ1) is 16.2. The summed E-state index contributed by atoms with van der Waals surface area (Å²) in [6, 6.07) is 16.6. The van der Waals surface area contributed by atoms with Gasteiger partial charge in [-0.1, -0.05) is 18.2 Å². The van der Waals surface area contributed by atoms with Crippen molar-refractivity contribution in [3.63, 3.8) is 0 Å². The van der Waals surface area contributed by atoms with Gasteiger partial charge in [0.25, 0.3) is 5.91 Å². The minimum atomic E-state index is -0.968. The van der Waals surface area contributed by atoms with E-state index in [0.717, 1.165) is 40.5 Å². The number of fused-ring (bicyclic) bond motifs is 2. The predicted octanol–water partition coefficient (Wildman–Crippen LogP) is 4.01. The molecule has 8 heteroatoms. The van der Waals surface area contributed by atoms with E-state index in [1.165, 1.54) is 0 Å². The lowest BCUT2D eigenvalue weighted by molar-refractivity contribution is 0.0785. The van der Waals surface area contributed by atoms with Crippen LogP contribution in [-0.2, 0) is 5.60 Å². The Hall–Kier alpha value is -3.91. The monoisotopic (exact) mass is 457 g/mol. The highest BCUT2D eigenvalue weighted by Gasteiger charge is 2.19. The van der Waals surface area contributed by atoms with Crippen LogP contribution in [0, 0.1) is 6.92 Å². The predicted molar refractivity (Wildman–Crippen MR) is 132 cm³/mol. The Labute approximate surface area is 197 Å². The SMILES string of the molecule is Cc1cc2nc(NC(=O)c3ccc(C(C)(C)O)cc3)cc(-c3ccc4c(c3)OCCN4C)n2n1. The summed E-state index contributed by atoms with van der Waals surface area (Å²) in [7, 11) is 2.05. The van der Waals surface area contributed by atoms with Crippen LogP contribution in [-0.4, -0.2) is 45.8 Å². The number of nitrogens with one attached hydrogen (secondary N) is 1. The first-order valence-corrected chi connectivity index (χ1v) is 11.2. The maximum Gasteiger partial charge on any atom is 0.256 e. The van der Waals surface area contributed by atoms with Crippen LogP contribution >= 0.6 is 0 Å². The Morgan fingerprint density at radius 1 is 1.12 bits per heavy atom. The van der Waals surface area contributed by atoms with Gasteiger partial charge in [0.15, 0.2) is 5.65 Å². The van der Waals surface area contributed by atoms with E-state index in [-0.39, 0.29) is 5.91 Å². The zero-order valence-corrected chi connectivity index (χ0v) is 19.7. The van der Waals surface area contributed by atoms with Crippen molar-refractivity contribution in [1.82, 2.24) is 14.6 Å². The molecule has 1 amide bonds. The summed E-state index contributed by atoms with van der Waals surface area (Å²) in [4.78, 5) is 19.7. The Bertz CT molecular complexity index is 1390. The van der Waals surface area contributed by atoms with Crippen LogP contribution in [0.15, 0.2) is 54.6 Å². The van der Waals surface area contributed by atoms with Gasteiger partial charge in [-0.05, 0) is 50.6 Å². The summed E-state index contributed by atoms with van der Waals surface area (Å²) in [6.45, 7) is 6.80. The highest BCUT2D eigenvalue weighted by molar-refractivity contribution is 6.04. The van der Waals surface area contributed by atoms with Crippen LogP contribution in [0.3, 0.4) is 0 Å². The van der Waals surface area contributed by atoms with Crippen LogP contribution in [0.2, 0.25) is 0 Å². The maximum absolute atomic E-state index is 12.9. The number of amides is 1. The van der Waals surface area contributed by atoms with Crippen LogP contribution in [0.5, 0.6) is 5.75 Å². The third-order valence-corrected chi connectivity index (χ3v) is 6.00. The minimum Gasteiger partial charge on any atom is -0.490 e. The molecular formula is C26H27N5O3. The van der Waals surface area contributed by atoms with Gasteiger partial charge < -0.3 is 20.1 Å². The van der Waals surface area contributed by atoms with Gasteiger partial charge in [0.05, 0.1) is 29.2 Å². The van der Waals surface area contributed by atoms with Crippen molar-refractivity contribution in [2.45, 2.75) is 26.4 Å². The molecule has 34 heavy (non-hydrogen) atoms. The summed E-state index contributed by atoms with van der Waals surface area (Å²) in [5, 5.41) is 17.7. The van der Waals surface area contributed by atoms with Gasteiger partial charge >= 0.3 is 0 Å². The number of carbonyl (C=O) groups excluding carboxylic acids is 1. The third-order valence-electron chi connectivity index (χ3n) is 6.00. The van der Waals surface area contributed by atoms with Crippen molar-refractivity contribution in [3.8, 4) is 17.0 Å². The highest BCUT2D eigenvalue weighted by atomic mass is 16.5. The summed E-state index contributed by atoms with van der Waals surface area (Å²) in [5.74, 6) is 0.962. The number of aryl methyl sites for hydroxylation is 1. The second-order valence-corrected chi connectivity index (χ2v) is 9.13. The fourth-order valence-electron chi connectivity index (χ4n) is 4.09. The van der Waals surface area contributed by atoms with Crippen molar-refractivity contribution in [3.05, 3.63) is 71.4 Å². The number of aliphatic hydroxyl groups is 1. The fraction of sp³-hybridized carbons (Fsp3) is 0.269. The van der Waals surface area contributed by atoms with E-state index in [0.29, 0.717) is 23.6 Å². The summed E-state index contributed by atoms with van der Waals surface area (Å²) < 4.78 is 7.66. The van der Waals surface area contributed by atoms with Gasteiger partial charge in [-0.3, -0.25) is 4.79 Å². The normalized spacial score (nSPS) is 13.5. The maximum atomic E-state index is 12.9. The fourth-order valence-corrected chi connectivity index (χ4v) is 4.09. The molecule has 2 aromatic carbocycles. The van der Waals surface area contributed by atoms with Gasteiger partial charge in [0, 0.05) is 30.3 Å². The first kappa shape index (κ1) is 21.9. The number of aromatic nitrogens is 3. The molecule has 4 aromatic rings. The van der Waals surface area contributed by atoms with E-state index in [2.05, 4.69) is 20.3 Å². The number of carbonyl (C=O) groups is 1. The number of likely N-dealkylation sites (N-methyl/N-ethyl adjacent to an activating group) is 1. The molecule has 3 heterocycles. The van der Waals surface area contributed by atoms with E-state index in [1.807, 2.05) is 44.3 Å². The number of rotatable bonds is 4. The van der Waals surface area contributed by atoms with Crippen LogP contribution < -0.4 is 15.0 Å². The molecule has 1 aliphatic rings. The average molecular weight is 458 g/mol. The van der Waals surface area contributed by atoms with Crippen LogP contribution in [0.1, 0.15) is 35.5 Å². The van der Waals surface area contributed by atoms with Crippen molar-refractivity contribution in [2.24, 2.45) is 0 Å². The molecule has 2 aromatic heterocycles. The second kappa shape index (κ2) is 8.14. The topological polar surface area (TPSA) is 92.0 Å². The number of hydrogen-bond acceptors (Lipinski definition) is 6. The molecular weight excluding hydrogens is 430 g/mol. The van der Waals surface area contributed by atoms with E-state index in [1.54, 1.807) is 42.6 Å². The average Bonchev–Trinajstić information content (AvgIpc) is 3.18. The minimum absolute atomic E-state index is 0.281.